The number of rotatable bonds is 5. The maximum Gasteiger partial charge on any atom is 0.251 e. The fourth-order valence-electron chi connectivity index (χ4n) is 1.85. The summed E-state index contributed by atoms with van der Waals surface area (Å²) >= 11 is 0. The van der Waals surface area contributed by atoms with Crippen LogP contribution < -0.4 is 14.8 Å². The van der Waals surface area contributed by atoms with E-state index in [4.69, 9.17) is 14.6 Å². The van der Waals surface area contributed by atoms with Gasteiger partial charge < -0.3 is 19.9 Å². The molecule has 0 atom stereocenters. The van der Waals surface area contributed by atoms with Crippen LogP contribution in [0.1, 0.15) is 30.6 Å². The van der Waals surface area contributed by atoms with Crippen molar-refractivity contribution in [3.05, 3.63) is 23.8 Å². The van der Waals surface area contributed by atoms with Crippen LogP contribution in [0.2, 0.25) is 0 Å². The average molecular weight is 265 g/mol. The lowest BCUT2D eigenvalue weighted by atomic mass is 9.89. The molecule has 0 unspecified atom stereocenters. The smallest absolute Gasteiger partial charge is 0.251 e. The maximum absolute atomic E-state index is 12.0. The first-order valence-electron chi connectivity index (χ1n) is 6.30. The molecule has 5 nitrogen and oxygen atoms in total. The van der Waals surface area contributed by atoms with Gasteiger partial charge in [-0.15, -0.1) is 0 Å². The van der Waals surface area contributed by atoms with Crippen molar-refractivity contribution in [3.63, 3.8) is 0 Å². The van der Waals surface area contributed by atoms with Gasteiger partial charge in [0.2, 0.25) is 6.79 Å². The standard InChI is InChI=1S/C14H19NO4/c1-14(2,5-6-16)8-15-13(17)10-3-4-11-12(7-10)19-9-18-11/h3-4,7,16H,5-6,8-9H2,1-2H3,(H,15,17). The Hall–Kier alpha value is -1.75. The molecule has 1 amide bonds. The topological polar surface area (TPSA) is 67.8 Å². The summed E-state index contributed by atoms with van der Waals surface area (Å²) in [5.74, 6) is 1.11. The second kappa shape index (κ2) is 5.48. The van der Waals surface area contributed by atoms with Gasteiger partial charge in [0.1, 0.15) is 0 Å². The molecular formula is C14H19NO4. The van der Waals surface area contributed by atoms with Gasteiger partial charge in [-0.25, -0.2) is 0 Å². The summed E-state index contributed by atoms with van der Waals surface area (Å²) in [5.41, 5.74) is 0.421. The fourth-order valence-corrected chi connectivity index (χ4v) is 1.85. The maximum atomic E-state index is 12.0. The summed E-state index contributed by atoms with van der Waals surface area (Å²) < 4.78 is 10.4. The first-order valence-corrected chi connectivity index (χ1v) is 6.30. The van der Waals surface area contributed by atoms with Gasteiger partial charge in [0.25, 0.3) is 5.91 Å². The minimum atomic E-state index is -0.149. The molecule has 0 saturated carbocycles. The molecule has 0 aliphatic carbocycles. The lowest BCUT2D eigenvalue weighted by Gasteiger charge is -2.23. The SMILES string of the molecule is CC(C)(CCO)CNC(=O)c1ccc2c(c1)OCO2. The highest BCUT2D eigenvalue weighted by molar-refractivity contribution is 5.94. The number of fused-ring (bicyclic) bond motifs is 1. The summed E-state index contributed by atoms with van der Waals surface area (Å²) in [6.07, 6.45) is 0.647. The molecule has 5 heteroatoms. The number of hydrogen-bond donors (Lipinski definition) is 2. The first-order chi connectivity index (χ1) is 9.02. The van der Waals surface area contributed by atoms with Gasteiger partial charge in [0.05, 0.1) is 0 Å². The number of nitrogens with one attached hydrogen (secondary N) is 1. The molecule has 0 bridgehead atoms. The molecule has 0 spiro atoms. The third kappa shape index (κ3) is 3.38. The minimum absolute atomic E-state index is 0.118. The molecule has 1 aliphatic rings. The van der Waals surface area contributed by atoms with Crippen molar-refractivity contribution < 1.29 is 19.4 Å². The lowest BCUT2D eigenvalue weighted by molar-refractivity contribution is 0.0928. The number of ether oxygens (including phenoxy) is 2. The van der Waals surface area contributed by atoms with Gasteiger partial charge in [-0.05, 0) is 30.0 Å². The van der Waals surface area contributed by atoms with Crippen molar-refractivity contribution in [1.29, 1.82) is 0 Å². The zero-order chi connectivity index (χ0) is 13.9. The number of hydrogen-bond acceptors (Lipinski definition) is 4. The number of carbonyl (C=O) groups is 1. The molecule has 0 fully saturated rings. The lowest BCUT2D eigenvalue weighted by Crippen LogP contribution is -2.34. The number of aliphatic hydroxyl groups excluding tert-OH is 1. The number of benzene rings is 1. The molecule has 2 N–H and O–H groups in total. The highest BCUT2D eigenvalue weighted by atomic mass is 16.7. The zero-order valence-corrected chi connectivity index (χ0v) is 11.2. The Kier molecular flexibility index (Phi) is 3.95. The Balaban J connectivity index is 1.97. The Morgan fingerprint density at radius 3 is 2.84 bits per heavy atom. The van der Waals surface area contributed by atoms with Crippen LogP contribution in [0.4, 0.5) is 0 Å². The molecule has 0 aromatic heterocycles. The fraction of sp³-hybridized carbons (Fsp3) is 0.500. The van der Waals surface area contributed by atoms with E-state index in [1.807, 2.05) is 13.8 Å². The minimum Gasteiger partial charge on any atom is -0.454 e. The quantitative estimate of drug-likeness (QED) is 0.847. The van der Waals surface area contributed by atoms with E-state index in [9.17, 15) is 4.79 Å². The van der Waals surface area contributed by atoms with Crippen LogP contribution in [-0.2, 0) is 0 Å². The average Bonchev–Trinajstić information content (AvgIpc) is 2.83. The Labute approximate surface area is 112 Å². The third-order valence-electron chi connectivity index (χ3n) is 3.15. The van der Waals surface area contributed by atoms with Gasteiger partial charge in [-0.2, -0.15) is 0 Å². The molecule has 1 aromatic carbocycles. The molecule has 104 valence electrons. The molecule has 1 aliphatic heterocycles. The van der Waals surface area contributed by atoms with Crippen molar-refractivity contribution in [1.82, 2.24) is 5.32 Å². The summed E-state index contributed by atoms with van der Waals surface area (Å²) in [5, 5.41) is 11.8. The van der Waals surface area contributed by atoms with Crippen molar-refractivity contribution in [2.45, 2.75) is 20.3 Å². The van der Waals surface area contributed by atoms with Crippen LogP contribution in [0.3, 0.4) is 0 Å². The summed E-state index contributed by atoms with van der Waals surface area (Å²) in [7, 11) is 0. The number of carbonyl (C=O) groups excluding carboxylic acids is 1. The Morgan fingerprint density at radius 1 is 1.37 bits per heavy atom. The second-order valence-corrected chi connectivity index (χ2v) is 5.39. The summed E-state index contributed by atoms with van der Waals surface area (Å²) in [4.78, 5) is 12.0. The first kappa shape index (κ1) is 13.7. The van der Waals surface area contributed by atoms with Crippen molar-refractivity contribution in [2.24, 2.45) is 5.41 Å². The molecule has 0 radical (unpaired) electrons. The van der Waals surface area contributed by atoms with Crippen molar-refractivity contribution in [3.8, 4) is 11.5 Å². The predicted octanol–water partition coefficient (Wildman–Crippen LogP) is 1.55. The van der Waals surface area contributed by atoms with Crippen LogP contribution in [0.5, 0.6) is 11.5 Å². The Bertz CT molecular complexity index is 471. The van der Waals surface area contributed by atoms with E-state index in [1.165, 1.54) is 0 Å². The monoisotopic (exact) mass is 265 g/mol. The zero-order valence-electron chi connectivity index (χ0n) is 11.2. The molecule has 0 saturated heterocycles. The van der Waals surface area contributed by atoms with E-state index >= 15 is 0 Å². The number of amides is 1. The van der Waals surface area contributed by atoms with E-state index in [2.05, 4.69) is 5.32 Å². The van der Waals surface area contributed by atoms with Crippen LogP contribution >= 0.6 is 0 Å². The molecule has 2 rings (SSSR count). The molecule has 1 heterocycles. The molecule has 1 aromatic rings. The van der Waals surface area contributed by atoms with E-state index in [1.54, 1.807) is 18.2 Å². The normalized spacial score (nSPS) is 13.4. The van der Waals surface area contributed by atoms with E-state index in [-0.39, 0.29) is 24.7 Å². The highest BCUT2D eigenvalue weighted by Gasteiger charge is 2.20. The van der Waals surface area contributed by atoms with E-state index < -0.39 is 0 Å². The van der Waals surface area contributed by atoms with Crippen LogP contribution in [-0.4, -0.2) is 31.0 Å². The van der Waals surface area contributed by atoms with Crippen molar-refractivity contribution >= 4 is 5.91 Å². The van der Waals surface area contributed by atoms with Gasteiger partial charge >= 0.3 is 0 Å². The Morgan fingerprint density at radius 2 is 2.11 bits per heavy atom. The van der Waals surface area contributed by atoms with Crippen LogP contribution in [0.25, 0.3) is 0 Å². The molecule has 19 heavy (non-hydrogen) atoms. The summed E-state index contributed by atoms with van der Waals surface area (Å²) in [6.45, 7) is 4.84. The largest absolute Gasteiger partial charge is 0.454 e. The van der Waals surface area contributed by atoms with E-state index in [0.717, 1.165) is 0 Å². The van der Waals surface area contributed by atoms with Gasteiger partial charge in [-0.3, -0.25) is 4.79 Å². The second-order valence-electron chi connectivity index (χ2n) is 5.39. The number of aliphatic hydroxyl groups is 1. The third-order valence-corrected chi connectivity index (χ3v) is 3.15. The van der Waals surface area contributed by atoms with Crippen LogP contribution in [0.15, 0.2) is 18.2 Å². The van der Waals surface area contributed by atoms with Crippen molar-refractivity contribution in [2.75, 3.05) is 19.9 Å². The van der Waals surface area contributed by atoms with E-state index in [0.29, 0.717) is 30.0 Å². The highest BCUT2D eigenvalue weighted by Crippen LogP contribution is 2.32. The predicted molar refractivity (Wildman–Crippen MR) is 70.4 cm³/mol. The van der Waals surface area contributed by atoms with Gasteiger partial charge in [0, 0.05) is 18.7 Å². The van der Waals surface area contributed by atoms with Crippen LogP contribution in [0, 0.1) is 5.41 Å². The summed E-state index contributed by atoms with van der Waals surface area (Å²) in [6, 6.07) is 5.12. The van der Waals surface area contributed by atoms with Gasteiger partial charge in [-0.1, -0.05) is 13.8 Å². The van der Waals surface area contributed by atoms with Gasteiger partial charge in [0.15, 0.2) is 11.5 Å². The molecular weight excluding hydrogens is 246 g/mol.